The SMILES string of the molecule is NCc1ncc(C(F)F)cc1CO. The van der Waals surface area contributed by atoms with E-state index in [1.807, 2.05) is 0 Å². The normalized spacial score (nSPS) is 10.8. The van der Waals surface area contributed by atoms with Gasteiger partial charge in [0.25, 0.3) is 6.43 Å². The second-order valence-corrected chi connectivity index (χ2v) is 2.54. The zero-order chi connectivity index (χ0) is 9.84. The fraction of sp³-hybridized carbons (Fsp3) is 0.375. The van der Waals surface area contributed by atoms with Crippen molar-refractivity contribution in [2.45, 2.75) is 19.6 Å². The molecular formula is C8H10F2N2O. The average Bonchev–Trinajstić information content (AvgIpc) is 2.16. The van der Waals surface area contributed by atoms with Crippen molar-refractivity contribution in [3.05, 3.63) is 29.1 Å². The van der Waals surface area contributed by atoms with E-state index >= 15 is 0 Å². The van der Waals surface area contributed by atoms with Gasteiger partial charge in [-0.25, -0.2) is 8.78 Å². The van der Waals surface area contributed by atoms with Crippen molar-refractivity contribution in [3.8, 4) is 0 Å². The maximum atomic E-state index is 12.2. The molecule has 0 aliphatic carbocycles. The average molecular weight is 188 g/mol. The van der Waals surface area contributed by atoms with Gasteiger partial charge in [-0.2, -0.15) is 0 Å². The molecule has 0 amide bonds. The Kier molecular flexibility index (Phi) is 3.27. The number of aliphatic hydroxyl groups excluding tert-OH is 1. The molecule has 0 aliphatic heterocycles. The summed E-state index contributed by atoms with van der Waals surface area (Å²) in [5.74, 6) is 0. The Morgan fingerprint density at radius 2 is 2.23 bits per heavy atom. The van der Waals surface area contributed by atoms with Crippen LogP contribution >= 0.6 is 0 Å². The van der Waals surface area contributed by atoms with Crippen LogP contribution in [0.1, 0.15) is 23.2 Å². The monoisotopic (exact) mass is 188 g/mol. The van der Waals surface area contributed by atoms with Crippen molar-refractivity contribution in [1.82, 2.24) is 4.98 Å². The number of pyridine rings is 1. The lowest BCUT2D eigenvalue weighted by molar-refractivity contribution is 0.150. The minimum absolute atomic E-state index is 0.138. The van der Waals surface area contributed by atoms with Crippen molar-refractivity contribution in [3.63, 3.8) is 0 Å². The third kappa shape index (κ3) is 2.19. The van der Waals surface area contributed by atoms with Crippen molar-refractivity contribution in [2.24, 2.45) is 5.73 Å². The van der Waals surface area contributed by atoms with E-state index in [9.17, 15) is 8.78 Å². The number of alkyl halides is 2. The van der Waals surface area contributed by atoms with Gasteiger partial charge in [-0.15, -0.1) is 0 Å². The van der Waals surface area contributed by atoms with E-state index in [4.69, 9.17) is 10.8 Å². The number of nitrogens with zero attached hydrogens (tertiary/aromatic N) is 1. The standard InChI is InChI=1S/C8H10F2N2O/c9-8(10)5-1-6(4-13)7(2-11)12-3-5/h1,3,8,13H,2,4,11H2. The highest BCUT2D eigenvalue weighted by atomic mass is 19.3. The van der Waals surface area contributed by atoms with Crippen LogP contribution in [0.25, 0.3) is 0 Å². The quantitative estimate of drug-likeness (QED) is 0.743. The Balaban J connectivity index is 3.05. The fourth-order valence-corrected chi connectivity index (χ4v) is 0.997. The molecule has 1 rings (SSSR count). The highest BCUT2D eigenvalue weighted by Gasteiger charge is 2.10. The van der Waals surface area contributed by atoms with Crippen LogP contribution in [0, 0.1) is 0 Å². The number of hydrogen-bond donors (Lipinski definition) is 2. The van der Waals surface area contributed by atoms with Crippen LogP contribution in [-0.4, -0.2) is 10.1 Å². The summed E-state index contributed by atoms with van der Waals surface area (Å²) in [7, 11) is 0. The molecule has 5 heteroatoms. The molecule has 1 aromatic rings. The Bertz CT molecular complexity index is 291. The Morgan fingerprint density at radius 3 is 2.69 bits per heavy atom. The van der Waals surface area contributed by atoms with Gasteiger partial charge in [0.15, 0.2) is 0 Å². The molecule has 0 atom stereocenters. The van der Waals surface area contributed by atoms with Gasteiger partial charge in [-0.1, -0.05) is 0 Å². The first-order valence-electron chi connectivity index (χ1n) is 3.75. The summed E-state index contributed by atoms with van der Waals surface area (Å²) in [5, 5.41) is 8.82. The van der Waals surface area contributed by atoms with Crippen LogP contribution in [-0.2, 0) is 13.2 Å². The van der Waals surface area contributed by atoms with Gasteiger partial charge in [-0.05, 0) is 6.07 Å². The third-order valence-electron chi connectivity index (χ3n) is 1.70. The van der Waals surface area contributed by atoms with E-state index < -0.39 is 6.43 Å². The summed E-state index contributed by atoms with van der Waals surface area (Å²) in [6, 6.07) is 1.22. The van der Waals surface area contributed by atoms with Crippen molar-refractivity contribution in [2.75, 3.05) is 0 Å². The van der Waals surface area contributed by atoms with E-state index in [1.54, 1.807) is 0 Å². The van der Waals surface area contributed by atoms with Crippen molar-refractivity contribution in [1.29, 1.82) is 0 Å². The molecular weight excluding hydrogens is 178 g/mol. The Hall–Kier alpha value is -1.07. The lowest BCUT2D eigenvalue weighted by Gasteiger charge is -2.06. The molecule has 0 radical (unpaired) electrons. The predicted octanol–water partition coefficient (Wildman–Crippen LogP) is 0.970. The minimum Gasteiger partial charge on any atom is -0.392 e. The van der Waals surface area contributed by atoms with Gasteiger partial charge in [0.1, 0.15) is 0 Å². The summed E-state index contributed by atoms with van der Waals surface area (Å²) in [4.78, 5) is 3.72. The van der Waals surface area contributed by atoms with Crippen LogP contribution < -0.4 is 5.73 Å². The van der Waals surface area contributed by atoms with Crippen LogP contribution in [0.15, 0.2) is 12.3 Å². The van der Waals surface area contributed by atoms with Gasteiger partial charge in [-0.3, -0.25) is 4.98 Å². The van der Waals surface area contributed by atoms with Crippen LogP contribution in [0.5, 0.6) is 0 Å². The third-order valence-corrected chi connectivity index (χ3v) is 1.70. The molecule has 13 heavy (non-hydrogen) atoms. The lowest BCUT2D eigenvalue weighted by atomic mass is 10.1. The smallest absolute Gasteiger partial charge is 0.265 e. The van der Waals surface area contributed by atoms with Crippen LogP contribution in [0.2, 0.25) is 0 Å². The molecule has 0 fully saturated rings. The second kappa shape index (κ2) is 4.25. The molecule has 0 aliphatic rings. The molecule has 0 saturated heterocycles. The molecule has 1 aromatic heterocycles. The maximum Gasteiger partial charge on any atom is 0.265 e. The molecule has 0 bridgehead atoms. The molecule has 72 valence electrons. The van der Waals surface area contributed by atoms with E-state index in [0.717, 1.165) is 6.20 Å². The number of aliphatic hydroxyl groups is 1. The fourth-order valence-electron chi connectivity index (χ4n) is 0.997. The summed E-state index contributed by atoms with van der Waals surface area (Å²) in [5.41, 5.74) is 5.91. The zero-order valence-corrected chi connectivity index (χ0v) is 6.87. The first kappa shape index (κ1) is 10.0. The first-order valence-corrected chi connectivity index (χ1v) is 3.75. The van der Waals surface area contributed by atoms with Gasteiger partial charge in [0.05, 0.1) is 12.3 Å². The molecule has 3 N–H and O–H groups in total. The van der Waals surface area contributed by atoms with E-state index in [1.165, 1.54) is 6.07 Å². The van der Waals surface area contributed by atoms with Gasteiger partial charge >= 0.3 is 0 Å². The number of halogens is 2. The number of rotatable bonds is 3. The van der Waals surface area contributed by atoms with E-state index in [2.05, 4.69) is 4.98 Å². The molecule has 0 spiro atoms. The highest BCUT2D eigenvalue weighted by Crippen LogP contribution is 2.19. The van der Waals surface area contributed by atoms with E-state index in [0.29, 0.717) is 11.3 Å². The molecule has 0 aromatic carbocycles. The number of nitrogens with two attached hydrogens (primary N) is 1. The molecule has 0 unspecified atom stereocenters. The summed E-state index contributed by atoms with van der Waals surface area (Å²) < 4.78 is 24.3. The van der Waals surface area contributed by atoms with E-state index in [-0.39, 0.29) is 18.7 Å². The van der Waals surface area contributed by atoms with Gasteiger partial charge < -0.3 is 10.8 Å². The van der Waals surface area contributed by atoms with Crippen LogP contribution in [0.4, 0.5) is 8.78 Å². The Labute approximate surface area is 74.2 Å². The topological polar surface area (TPSA) is 59.1 Å². The van der Waals surface area contributed by atoms with Gasteiger partial charge in [0, 0.05) is 23.9 Å². The zero-order valence-electron chi connectivity index (χ0n) is 6.87. The first-order chi connectivity index (χ1) is 6.19. The summed E-state index contributed by atoms with van der Waals surface area (Å²) >= 11 is 0. The molecule has 3 nitrogen and oxygen atoms in total. The lowest BCUT2D eigenvalue weighted by Crippen LogP contribution is -2.05. The second-order valence-electron chi connectivity index (χ2n) is 2.54. The maximum absolute atomic E-state index is 12.2. The molecule has 1 heterocycles. The predicted molar refractivity (Wildman–Crippen MR) is 43.0 cm³/mol. The highest BCUT2D eigenvalue weighted by molar-refractivity contribution is 5.25. The van der Waals surface area contributed by atoms with Crippen molar-refractivity contribution >= 4 is 0 Å². The van der Waals surface area contributed by atoms with Crippen molar-refractivity contribution < 1.29 is 13.9 Å². The number of hydrogen-bond acceptors (Lipinski definition) is 3. The largest absolute Gasteiger partial charge is 0.392 e. The molecule has 0 saturated carbocycles. The van der Waals surface area contributed by atoms with Gasteiger partial charge in [0.2, 0.25) is 0 Å². The Morgan fingerprint density at radius 1 is 1.54 bits per heavy atom. The summed E-state index contributed by atoms with van der Waals surface area (Å²) in [6.07, 6.45) is -1.49. The summed E-state index contributed by atoms with van der Waals surface area (Å²) in [6.45, 7) is -0.181. The van der Waals surface area contributed by atoms with Crippen LogP contribution in [0.3, 0.4) is 0 Å². The minimum atomic E-state index is -2.57. The number of aromatic nitrogens is 1.